The predicted octanol–water partition coefficient (Wildman–Crippen LogP) is 2.44. The van der Waals surface area contributed by atoms with Gasteiger partial charge in [0.15, 0.2) is 0 Å². The van der Waals surface area contributed by atoms with Crippen molar-refractivity contribution in [1.29, 1.82) is 0 Å². The van der Waals surface area contributed by atoms with E-state index in [-0.39, 0.29) is 6.04 Å². The molecule has 2 rings (SSSR count). The monoisotopic (exact) mass is 178 g/mol. The zero-order valence-electron chi connectivity index (χ0n) is 8.46. The van der Waals surface area contributed by atoms with Crippen molar-refractivity contribution in [1.82, 2.24) is 4.98 Å². The lowest BCUT2D eigenvalue weighted by atomic mass is 9.90. The topological polar surface area (TPSA) is 38.9 Å². The zero-order valence-corrected chi connectivity index (χ0v) is 8.46. The number of aromatic nitrogens is 1. The van der Waals surface area contributed by atoms with E-state index in [2.05, 4.69) is 4.98 Å². The van der Waals surface area contributed by atoms with E-state index in [1.54, 1.807) is 0 Å². The van der Waals surface area contributed by atoms with E-state index in [1.165, 1.54) is 17.5 Å². The molecular weight excluding hydrogens is 160 g/mol. The first-order valence-electron chi connectivity index (χ1n) is 5.06. The fourth-order valence-corrected chi connectivity index (χ4v) is 1.68. The minimum absolute atomic E-state index is 0.252. The fraction of sp³-hybridized carbons (Fsp3) is 0.545. The molecule has 1 aromatic heterocycles. The molecule has 1 aromatic rings. The highest BCUT2D eigenvalue weighted by Crippen LogP contribution is 2.26. The average molecular weight is 178 g/mol. The number of fused-ring (bicyclic) bond motifs is 1. The van der Waals surface area contributed by atoms with Crippen LogP contribution in [0.2, 0.25) is 0 Å². The summed E-state index contributed by atoms with van der Waals surface area (Å²) in [6.45, 7) is 4.00. The molecule has 0 saturated carbocycles. The van der Waals surface area contributed by atoms with E-state index < -0.39 is 0 Å². The number of pyridine rings is 1. The maximum atomic E-state index is 5.92. The van der Waals surface area contributed by atoms with Crippen LogP contribution in [-0.4, -0.2) is 4.98 Å². The highest BCUT2D eigenvalue weighted by atomic mass is 14.7. The van der Waals surface area contributed by atoms with Gasteiger partial charge in [-0.3, -0.25) is 4.98 Å². The standard InChI is InChI=1S/C9H12N2.C2H6/c10-9-3-1-2-7-6-11-5-4-8(7)9;1-2/h4-6,9H,1-3,10H2;1-2H3. The molecule has 13 heavy (non-hydrogen) atoms. The molecule has 2 nitrogen and oxygen atoms in total. The highest BCUT2D eigenvalue weighted by molar-refractivity contribution is 5.28. The van der Waals surface area contributed by atoms with Gasteiger partial charge >= 0.3 is 0 Å². The van der Waals surface area contributed by atoms with E-state index in [0.717, 1.165) is 12.8 Å². The average Bonchev–Trinajstić information content (AvgIpc) is 2.22. The molecule has 1 heterocycles. The molecule has 2 heteroatoms. The Morgan fingerprint density at radius 1 is 1.46 bits per heavy atom. The first-order chi connectivity index (χ1) is 6.38. The first-order valence-corrected chi connectivity index (χ1v) is 5.06. The summed E-state index contributed by atoms with van der Waals surface area (Å²) in [6.07, 6.45) is 7.24. The molecule has 0 radical (unpaired) electrons. The van der Waals surface area contributed by atoms with Gasteiger partial charge in [0.25, 0.3) is 0 Å². The van der Waals surface area contributed by atoms with Crippen LogP contribution in [-0.2, 0) is 6.42 Å². The van der Waals surface area contributed by atoms with E-state index in [4.69, 9.17) is 5.73 Å². The summed E-state index contributed by atoms with van der Waals surface area (Å²) in [5.74, 6) is 0. The molecule has 1 aliphatic carbocycles. The molecule has 1 unspecified atom stereocenters. The SMILES string of the molecule is CC.NC1CCCc2cnccc21. The Bertz CT molecular complexity index is 258. The van der Waals surface area contributed by atoms with Crippen LogP contribution in [0.5, 0.6) is 0 Å². The summed E-state index contributed by atoms with van der Waals surface area (Å²) >= 11 is 0. The molecule has 0 amide bonds. The van der Waals surface area contributed by atoms with E-state index in [1.807, 2.05) is 32.3 Å². The van der Waals surface area contributed by atoms with Crippen LogP contribution in [0, 0.1) is 0 Å². The van der Waals surface area contributed by atoms with Gasteiger partial charge in [-0.15, -0.1) is 0 Å². The molecule has 0 bridgehead atoms. The van der Waals surface area contributed by atoms with Crippen molar-refractivity contribution in [2.24, 2.45) is 5.73 Å². The Labute approximate surface area is 80.2 Å². The lowest BCUT2D eigenvalue weighted by Crippen LogP contribution is -2.17. The number of nitrogens with zero attached hydrogens (tertiary/aromatic N) is 1. The van der Waals surface area contributed by atoms with Crippen molar-refractivity contribution in [3.05, 3.63) is 29.6 Å². The Balaban J connectivity index is 0.000000396. The number of rotatable bonds is 0. The molecule has 1 aliphatic rings. The molecule has 0 saturated heterocycles. The lowest BCUT2D eigenvalue weighted by molar-refractivity contribution is 0.568. The quantitative estimate of drug-likeness (QED) is 0.662. The van der Waals surface area contributed by atoms with Crippen LogP contribution >= 0.6 is 0 Å². The van der Waals surface area contributed by atoms with Crippen molar-refractivity contribution in [2.75, 3.05) is 0 Å². The van der Waals surface area contributed by atoms with Gasteiger partial charge in [0.05, 0.1) is 0 Å². The zero-order chi connectivity index (χ0) is 9.68. The first kappa shape index (κ1) is 10.2. The Hall–Kier alpha value is -0.890. The van der Waals surface area contributed by atoms with Crippen molar-refractivity contribution in [3.63, 3.8) is 0 Å². The highest BCUT2D eigenvalue weighted by Gasteiger charge is 2.15. The minimum Gasteiger partial charge on any atom is -0.324 e. The largest absolute Gasteiger partial charge is 0.324 e. The summed E-state index contributed by atoms with van der Waals surface area (Å²) in [7, 11) is 0. The van der Waals surface area contributed by atoms with Gasteiger partial charge in [-0.2, -0.15) is 0 Å². The van der Waals surface area contributed by atoms with Gasteiger partial charge in [-0.25, -0.2) is 0 Å². The molecule has 72 valence electrons. The third-order valence-electron chi connectivity index (χ3n) is 2.30. The van der Waals surface area contributed by atoms with Gasteiger partial charge < -0.3 is 5.73 Å². The van der Waals surface area contributed by atoms with Gasteiger partial charge in [0.1, 0.15) is 0 Å². The van der Waals surface area contributed by atoms with Crippen LogP contribution < -0.4 is 5.73 Å². The lowest BCUT2D eigenvalue weighted by Gasteiger charge is -2.20. The third kappa shape index (κ3) is 2.28. The van der Waals surface area contributed by atoms with Gasteiger partial charge in [-0.05, 0) is 36.5 Å². The fourth-order valence-electron chi connectivity index (χ4n) is 1.68. The van der Waals surface area contributed by atoms with Crippen molar-refractivity contribution in [2.45, 2.75) is 39.2 Å². The van der Waals surface area contributed by atoms with Crippen molar-refractivity contribution < 1.29 is 0 Å². The second kappa shape index (κ2) is 4.97. The molecular formula is C11H18N2. The molecule has 1 atom stereocenters. The normalized spacial score (nSPS) is 19.8. The number of hydrogen-bond acceptors (Lipinski definition) is 2. The Kier molecular flexibility index (Phi) is 3.90. The number of aryl methyl sites for hydroxylation is 1. The summed E-state index contributed by atoms with van der Waals surface area (Å²) in [5.41, 5.74) is 8.56. The van der Waals surface area contributed by atoms with E-state index in [9.17, 15) is 0 Å². The second-order valence-corrected chi connectivity index (χ2v) is 3.07. The number of hydrogen-bond donors (Lipinski definition) is 1. The van der Waals surface area contributed by atoms with Gasteiger partial charge in [0, 0.05) is 18.4 Å². The van der Waals surface area contributed by atoms with Gasteiger partial charge in [0.2, 0.25) is 0 Å². The molecule has 2 N–H and O–H groups in total. The second-order valence-electron chi connectivity index (χ2n) is 3.07. The maximum Gasteiger partial charge on any atom is 0.0303 e. The summed E-state index contributed by atoms with van der Waals surface area (Å²) < 4.78 is 0. The van der Waals surface area contributed by atoms with Crippen LogP contribution in [0.1, 0.15) is 43.9 Å². The van der Waals surface area contributed by atoms with Gasteiger partial charge in [-0.1, -0.05) is 13.8 Å². The molecule has 0 fully saturated rings. The van der Waals surface area contributed by atoms with Crippen molar-refractivity contribution >= 4 is 0 Å². The minimum atomic E-state index is 0.252. The smallest absolute Gasteiger partial charge is 0.0303 e. The van der Waals surface area contributed by atoms with Crippen LogP contribution in [0.25, 0.3) is 0 Å². The summed E-state index contributed by atoms with van der Waals surface area (Å²) in [6, 6.07) is 2.29. The van der Waals surface area contributed by atoms with Crippen molar-refractivity contribution in [3.8, 4) is 0 Å². The molecule has 0 spiro atoms. The summed E-state index contributed by atoms with van der Waals surface area (Å²) in [4.78, 5) is 4.08. The molecule has 0 aliphatic heterocycles. The maximum absolute atomic E-state index is 5.92. The Morgan fingerprint density at radius 3 is 2.92 bits per heavy atom. The predicted molar refractivity (Wildman–Crippen MR) is 55.5 cm³/mol. The van der Waals surface area contributed by atoms with Crippen LogP contribution in [0.15, 0.2) is 18.5 Å². The van der Waals surface area contributed by atoms with E-state index in [0.29, 0.717) is 0 Å². The number of nitrogens with two attached hydrogens (primary N) is 1. The Morgan fingerprint density at radius 2 is 2.23 bits per heavy atom. The molecule has 0 aromatic carbocycles. The van der Waals surface area contributed by atoms with Crippen LogP contribution in [0.4, 0.5) is 0 Å². The van der Waals surface area contributed by atoms with Crippen LogP contribution in [0.3, 0.4) is 0 Å². The summed E-state index contributed by atoms with van der Waals surface area (Å²) in [5, 5.41) is 0. The van der Waals surface area contributed by atoms with E-state index >= 15 is 0 Å². The third-order valence-corrected chi connectivity index (χ3v) is 2.30.